The van der Waals surface area contributed by atoms with E-state index in [1.54, 1.807) is 36.7 Å². The molecule has 0 fully saturated rings. The van der Waals surface area contributed by atoms with Gasteiger partial charge in [-0.3, -0.25) is 24.0 Å². The lowest BCUT2D eigenvalue weighted by molar-refractivity contribution is 0.144. The van der Waals surface area contributed by atoms with Crippen LogP contribution in [0.3, 0.4) is 0 Å². The van der Waals surface area contributed by atoms with Crippen LogP contribution in [0.1, 0.15) is 5.56 Å². The first kappa shape index (κ1) is 35.6. The van der Waals surface area contributed by atoms with E-state index in [9.17, 15) is 30.3 Å². The van der Waals surface area contributed by atoms with Crippen molar-refractivity contribution >= 4 is 47.7 Å². The van der Waals surface area contributed by atoms with Crippen molar-refractivity contribution in [2.45, 2.75) is 12.5 Å². The predicted molar refractivity (Wildman–Crippen MR) is 182 cm³/mol. The summed E-state index contributed by atoms with van der Waals surface area (Å²) in [4.78, 5) is 14.7. The maximum Gasteiger partial charge on any atom is 0.266 e. The Morgan fingerprint density at radius 2 is 1.55 bits per heavy atom. The van der Waals surface area contributed by atoms with Crippen molar-refractivity contribution in [3.8, 4) is 28.5 Å². The highest BCUT2D eigenvalue weighted by molar-refractivity contribution is 7.86. The van der Waals surface area contributed by atoms with Crippen molar-refractivity contribution < 1.29 is 44.5 Å². The number of hydrogen-bond acceptors (Lipinski definition) is 12. The van der Waals surface area contributed by atoms with Crippen molar-refractivity contribution in [2.24, 2.45) is 0 Å². The van der Waals surface area contributed by atoms with E-state index >= 15 is 0 Å². The maximum absolute atomic E-state index is 14.7. The van der Waals surface area contributed by atoms with Gasteiger partial charge in [0.15, 0.2) is 11.5 Å². The average Bonchev–Trinajstić information content (AvgIpc) is 3.06. The van der Waals surface area contributed by atoms with E-state index in [1.165, 1.54) is 43.5 Å². The fourth-order valence-electron chi connectivity index (χ4n) is 5.39. The Balaban J connectivity index is 1.48. The second-order valence-corrected chi connectivity index (χ2v) is 14.3. The number of methoxy groups -OCH3 is 2. The molecule has 0 saturated heterocycles. The Kier molecular flexibility index (Phi) is 10.8. The first-order valence-corrected chi connectivity index (χ1v) is 18.0. The van der Waals surface area contributed by atoms with Crippen molar-refractivity contribution in [1.29, 1.82) is 0 Å². The van der Waals surface area contributed by atoms with Gasteiger partial charge in [0, 0.05) is 53.9 Å². The van der Waals surface area contributed by atoms with E-state index in [2.05, 4.69) is 15.0 Å². The minimum Gasteiger partial charge on any atom is -0.493 e. The minimum absolute atomic E-state index is 0.0190. The van der Waals surface area contributed by atoms with Crippen LogP contribution >= 0.6 is 0 Å². The number of nitrogens with two attached hydrogens (primary N) is 1. The lowest BCUT2D eigenvalue weighted by Gasteiger charge is -2.31. The third-order valence-corrected chi connectivity index (χ3v) is 9.26. The van der Waals surface area contributed by atoms with Gasteiger partial charge >= 0.3 is 0 Å². The molecule has 1 atom stereocenters. The molecule has 14 nitrogen and oxygen atoms in total. The molecule has 2 aromatic carbocycles. The number of ether oxygens (including phenoxy) is 3. The quantitative estimate of drug-likeness (QED) is 0.105. The van der Waals surface area contributed by atoms with Crippen LogP contribution in [-0.4, -0.2) is 97.3 Å². The molecule has 1 unspecified atom stereocenters. The highest BCUT2D eigenvalue weighted by Crippen LogP contribution is 2.37. The Morgan fingerprint density at radius 1 is 0.878 bits per heavy atom. The summed E-state index contributed by atoms with van der Waals surface area (Å²) in [6.45, 7) is -0.828. The summed E-state index contributed by atoms with van der Waals surface area (Å²) in [6, 6.07) is 12.2. The van der Waals surface area contributed by atoms with Crippen molar-refractivity contribution in [3.05, 3.63) is 78.5 Å². The monoisotopic (exact) mass is 715 g/mol. The largest absolute Gasteiger partial charge is 0.493 e. The fraction of sp³-hybridized carbons (Fsp3) is 0.281. The molecule has 4 N–H and O–H groups in total. The first-order valence-electron chi connectivity index (χ1n) is 14.8. The van der Waals surface area contributed by atoms with E-state index in [0.717, 1.165) is 10.8 Å². The van der Waals surface area contributed by atoms with E-state index in [0.29, 0.717) is 33.7 Å². The number of rotatable bonds is 15. The van der Waals surface area contributed by atoms with Gasteiger partial charge in [0.25, 0.3) is 20.2 Å². The highest BCUT2D eigenvalue weighted by Gasteiger charge is 2.25. The molecule has 0 spiro atoms. The van der Waals surface area contributed by atoms with Crippen LogP contribution in [0.25, 0.3) is 32.9 Å². The maximum atomic E-state index is 14.7. The molecule has 0 radical (unpaired) electrons. The number of aromatic nitrogens is 3. The van der Waals surface area contributed by atoms with E-state index < -0.39 is 43.6 Å². The van der Waals surface area contributed by atoms with Crippen LogP contribution in [0.5, 0.6) is 17.2 Å². The van der Waals surface area contributed by atoms with Crippen LogP contribution < -0.4 is 19.9 Å². The van der Waals surface area contributed by atoms with Gasteiger partial charge in [-0.2, -0.15) is 16.8 Å². The standard InChI is InChI=1S/C32H34FN5O9S2/c1-45-30-14-25-24-13-28(37-32(34)26(24)18-36-29(25)15-31(30)46-2)21-12-23(17-35-16-21)47-19-22(11-20-5-3-4-6-27(20)33)38(7-9-48(39,40)41)8-10-49(42,43)44/h3-6,12-18,22H,7-11,19H2,1-2H3,(H2,34,37)(H,39,40,41)(H,42,43,44). The number of hydrogen-bond donors (Lipinski definition) is 3. The molecule has 0 aliphatic carbocycles. The summed E-state index contributed by atoms with van der Waals surface area (Å²) in [7, 11) is -5.82. The normalized spacial score (nSPS) is 12.8. The van der Waals surface area contributed by atoms with Crippen LogP contribution in [0.2, 0.25) is 0 Å². The summed E-state index contributed by atoms with van der Waals surface area (Å²) in [5.74, 6) is -0.485. The first-order chi connectivity index (χ1) is 23.2. The Morgan fingerprint density at radius 3 is 2.20 bits per heavy atom. The second-order valence-electron chi connectivity index (χ2n) is 11.1. The molecule has 49 heavy (non-hydrogen) atoms. The van der Waals surface area contributed by atoms with Crippen molar-refractivity contribution in [2.75, 3.05) is 51.2 Å². The molecule has 260 valence electrons. The molecule has 5 rings (SSSR count). The van der Waals surface area contributed by atoms with E-state index in [1.807, 2.05) is 6.07 Å². The fourth-order valence-corrected chi connectivity index (χ4v) is 6.32. The van der Waals surface area contributed by atoms with Crippen LogP contribution in [-0.2, 0) is 26.7 Å². The van der Waals surface area contributed by atoms with Crippen LogP contribution in [0, 0.1) is 5.82 Å². The Bertz CT molecular complexity index is 2170. The SMILES string of the molecule is COc1cc2ncc3c(N)nc(-c4cncc(OCC(Cc5ccccc5F)N(CCS(=O)(=O)O)CCS(=O)(=O)O)c4)cc3c2cc1OC. The van der Waals surface area contributed by atoms with Gasteiger partial charge < -0.3 is 19.9 Å². The molecule has 0 amide bonds. The number of halogens is 1. The lowest BCUT2D eigenvalue weighted by atomic mass is 10.0. The van der Waals surface area contributed by atoms with Gasteiger partial charge in [0.2, 0.25) is 0 Å². The zero-order valence-electron chi connectivity index (χ0n) is 26.5. The van der Waals surface area contributed by atoms with Gasteiger partial charge in [-0.05, 0) is 41.6 Å². The van der Waals surface area contributed by atoms with Gasteiger partial charge in [-0.25, -0.2) is 9.37 Å². The molecule has 0 aliphatic rings. The third kappa shape index (κ3) is 9.07. The molecule has 0 aliphatic heterocycles. The molecule has 17 heteroatoms. The average molecular weight is 716 g/mol. The highest BCUT2D eigenvalue weighted by atomic mass is 32.2. The van der Waals surface area contributed by atoms with E-state index in [4.69, 9.17) is 19.9 Å². The van der Waals surface area contributed by atoms with Gasteiger partial charge in [0.05, 0.1) is 43.1 Å². The molecule has 3 heterocycles. The van der Waals surface area contributed by atoms with Crippen molar-refractivity contribution in [3.63, 3.8) is 0 Å². The summed E-state index contributed by atoms with van der Waals surface area (Å²) in [5, 5.41) is 2.12. The zero-order chi connectivity index (χ0) is 35.3. The molecule has 0 bridgehead atoms. The van der Waals surface area contributed by atoms with Crippen molar-refractivity contribution in [1.82, 2.24) is 19.9 Å². The van der Waals surface area contributed by atoms with Crippen LogP contribution in [0.4, 0.5) is 10.2 Å². The molecule has 0 saturated carbocycles. The second kappa shape index (κ2) is 14.8. The summed E-state index contributed by atoms with van der Waals surface area (Å²) >= 11 is 0. The van der Waals surface area contributed by atoms with Gasteiger partial charge in [0.1, 0.15) is 24.0 Å². The zero-order valence-corrected chi connectivity index (χ0v) is 28.1. The number of anilines is 1. The summed E-state index contributed by atoms with van der Waals surface area (Å²) in [6.07, 6.45) is 4.61. The molecule has 5 aromatic rings. The third-order valence-electron chi connectivity index (χ3n) is 7.87. The number of nitrogens with zero attached hydrogens (tertiary/aromatic N) is 4. The number of fused-ring (bicyclic) bond motifs is 3. The smallest absolute Gasteiger partial charge is 0.266 e. The topological polar surface area (TPSA) is 204 Å². The summed E-state index contributed by atoms with van der Waals surface area (Å²) < 4.78 is 96.9. The van der Waals surface area contributed by atoms with E-state index in [-0.39, 0.29) is 43.2 Å². The lowest BCUT2D eigenvalue weighted by Crippen LogP contribution is -2.45. The van der Waals surface area contributed by atoms with Crippen LogP contribution in [0.15, 0.2) is 67.1 Å². The number of pyridine rings is 3. The Hall–Kier alpha value is -4.68. The number of benzene rings is 2. The Labute approximate surface area is 282 Å². The predicted octanol–water partition coefficient (Wildman–Crippen LogP) is 3.65. The summed E-state index contributed by atoms with van der Waals surface area (Å²) in [5.41, 5.74) is 8.28. The van der Waals surface area contributed by atoms with Gasteiger partial charge in [-0.15, -0.1) is 0 Å². The minimum atomic E-state index is -4.44. The number of nitrogen functional groups attached to an aromatic ring is 1. The molecular weight excluding hydrogens is 682 g/mol. The van der Waals surface area contributed by atoms with Gasteiger partial charge in [-0.1, -0.05) is 18.2 Å². The molecule has 3 aromatic heterocycles. The molecular formula is C32H34FN5O9S2.